The van der Waals surface area contributed by atoms with Crippen LogP contribution < -0.4 is 0 Å². The van der Waals surface area contributed by atoms with Gasteiger partial charge in [-0.2, -0.15) is 10.5 Å². The minimum absolute atomic E-state index is 0.351. The van der Waals surface area contributed by atoms with Gasteiger partial charge < -0.3 is 9.13 Å². The Morgan fingerprint density at radius 1 is 0.409 bits per heavy atom. The first-order valence-electron chi connectivity index (χ1n) is 14.6. The summed E-state index contributed by atoms with van der Waals surface area (Å²) in [7, 11) is 0. The highest BCUT2D eigenvalue weighted by molar-refractivity contribution is 6.16. The van der Waals surface area contributed by atoms with Crippen molar-refractivity contribution in [2.24, 2.45) is 0 Å². The molecule has 0 aliphatic rings. The predicted molar refractivity (Wildman–Crippen MR) is 180 cm³/mol. The lowest BCUT2D eigenvalue weighted by Crippen LogP contribution is -2.07. The van der Waals surface area contributed by atoms with E-state index in [0.29, 0.717) is 16.8 Å². The lowest BCUT2D eigenvalue weighted by Gasteiger charge is -2.19. The van der Waals surface area contributed by atoms with E-state index in [2.05, 4.69) is 130 Å². The first kappa shape index (κ1) is 24.3. The van der Waals surface area contributed by atoms with Crippen LogP contribution in [0.15, 0.2) is 133 Å². The Kier molecular flexibility index (Phi) is 5.00. The fourth-order valence-electron chi connectivity index (χ4n) is 7.00. The summed E-state index contributed by atoms with van der Waals surface area (Å²) in [6.45, 7) is 0. The van der Waals surface area contributed by atoms with Crippen molar-refractivity contribution in [3.05, 3.63) is 145 Å². The number of aromatic nitrogens is 2. The maximum atomic E-state index is 10.7. The summed E-state index contributed by atoms with van der Waals surface area (Å²) < 4.78 is 4.45. The zero-order valence-corrected chi connectivity index (χ0v) is 23.5. The highest BCUT2D eigenvalue weighted by Crippen LogP contribution is 2.41. The van der Waals surface area contributed by atoms with Crippen molar-refractivity contribution < 1.29 is 0 Å². The van der Waals surface area contributed by atoms with Gasteiger partial charge in [-0.15, -0.1) is 0 Å². The van der Waals surface area contributed by atoms with Crippen molar-refractivity contribution in [2.75, 3.05) is 0 Å². The molecule has 2 heterocycles. The Bertz CT molecular complexity index is 2740. The Morgan fingerprint density at radius 3 is 1.43 bits per heavy atom. The van der Waals surface area contributed by atoms with Crippen LogP contribution in [-0.4, -0.2) is 9.13 Å². The van der Waals surface area contributed by atoms with Crippen LogP contribution >= 0.6 is 0 Å². The van der Waals surface area contributed by atoms with Crippen molar-refractivity contribution in [3.8, 4) is 23.5 Å². The third-order valence-electron chi connectivity index (χ3n) is 8.93. The van der Waals surface area contributed by atoms with Gasteiger partial charge >= 0.3 is 0 Å². The van der Waals surface area contributed by atoms with Gasteiger partial charge in [0, 0.05) is 21.5 Å². The summed E-state index contributed by atoms with van der Waals surface area (Å²) in [6.07, 6.45) is 0. The van der Waals surface area contributed by atoms with E-state index in [1.54, 1.807) is 6.07 Å². The molecular weight excluding hydrogens is 536 g/mol. The van der Waals surface area contributed by atoms with Crippen molar-refractivity contribution in [1.82, 2.24) is 9.13 Å². The quantitative estimate of drug-likeness (QED) is 0.212. The van der Waals surface area contributed by atoms with Gasteiger partial charge in [0.25, 0.3) is 0 Å². The lowest BCUT2D eigenvalue weighted by molar-refractivity contribution is 1.09. The molecule has 0 saturated heterocycles. The van der Waals surface area contributed by atoms with Crippen LogP contribution in [0, 0.1) is 22.7 Å². The molecule has 0 fully saturated rings. The van der Waals surface area contributed by atoms with Crippen LogP contribution in [0.1, 0.15) is 11.1 Å². The summed E-state index contributed by atoms with van der Waals surface area (Å²) in [5, 5.41) is 30.0. The van der Waals surface area contributed by atoms with E-state index >= 15 is 0 Å². The van der Waals surface area contributed by atoms with Gasteiger partial charge in [-0.1, -0.05) is 84.9 Å². The zero-order valence-electron chi connectivity index (χ0n) is 23.5. The van der Waals surface area contributed by atoms with E-state index in [-0.39, 0.29) is 0 Å². The summed E-state index contributed by atoms with van der Waals surface area (Å²) >= 11 is 0. The molecule has 0 amide bonds. The maximum Gasteiger partial charge on any atom is 0.103 e. The minimum Gasteiger partial charge on any atom is -0.307 e. The van der Waals surface area contributed by atoms with Gasteiger partial charge in [-0.25, -0.2) is 0 Å². The van der Waals surface area contributed by atoms with E-state index in [1.165, 1.54) is 5.39 Å². The second-order valence-corrected chi connectivity index (χ2v) is 11.2. The molecule has 0 aliphatic carbocycles. The van der Waals surface area contributed by atoms with Gasteiger partial charge in [0.1, 0.15) is 12.1 Å². The van der Waals surface area contributed by atoms with Crippen LogP contribution in [0.4, 0.5) is 0 Å². The fraction of sp³-hybridized carbons (Fsp3) is 0. The number of fused-ring (bicyclic) bond motifs is 8. The van der Waals surface area contributed by atoms with Crippen molar-refractivity contribution in [3.63, 3.8) is 0 Å². The normalized spacial score (nSPS) is 11.6. The Hall–Kier alpha value is -6.36. The van der Waals surface area contributed by atoms with Crippen molar-refractivity contribution in [1.29, 1.82) is 10.5 Å². The molecule has 0 aliphatic heterocycles. The number of rotatable bonds is 2. The molecule has 9 rings (SSSR count). The summed E-state index contributed by atoms with van der Waals surface area (Å²) in [5.41, 5.74) is 6.31. The predicted octanol–water partition coefficient (Wildman–Crippen LogP) is 9.93. The van der Waals surface area contributed by atoms with E-state index < -0.39 is 0 Å². The topological polar surface area (TPSA) is 57.4 Å². The lowest BCUT2D eigenvalue weighted by atomic mass is 10.0. The molecule has 7 aromatic carbocycles. The van der Waals surface area contributed by atoms with E-state index in [0.717, 1.165) is 65.5 Å². The van der Waals surface area contributed by atoms with Crippen LogP contribution in [-0.2, 0) is 0 Å². The molecule has 0 spiro atoms. The first-order chi connectivity index (χ1) is 21.7. The molecule has 9 aromatic rings. The van der Waals surface area contributed by atoms with Crippen LogP contribution in [0.5, 0.6) is 0 Å². The highest BCUT2D eigenvalue weighted by atomic mass is 15.1. The van der Waals surface area contributed by atoms with Crippen LogP contribution in [0.2, 0.25) is 0 Å². The molecule has 0 N–H and O–H groups in total. The average Bonchev–Trinajstić information content (AvgIpc) is 3.57. The van der Waals surface area contributed by atoms with Gasteiger partial charge in [0.15, 0.2) is 0 Å². The second kappa shape index (κ2) is 9.07. The van der Waals surface area contributed by atoms with Crippen molar-refractivity contribution >= 4 is 65.2 Å². The van der Waals surface area contributed by atoms with Crippen molar-refractivity contribution in [2.45, 2.75) is 0 Å². The largest absolute Gasteiger partial charge is 0.307 e. The van der Waals surface area contributed by atoms with E-state index in [9.17, 15) is 10.5 Å². The number of para-hydroxylation sites is 2. The summed E-state index contributed by atoms with van der Waals surface area (Å²) in [6, 6.07) is 50.9. The maximum absolute atomic E-state index is 10.7. The van der Waals surface area contributed by atoms with Crippen LogP contribution in [0.3, 0.4) is 0 Å². The second-order valence-electron chi connectivity index (χ2n) is 11.2. The molecule has 0 saturated carbocycles. The summed E-state index contributed by atoms with van der Waals surface area (Å²) in [5.74, 6) is 0. The number of nitrogens with zero attached hydrogens (tertiary/aromatic N) is 4. The van der Waals surface area contributed by atoms with Crippen LogP contribution in [0.25, 0.3) is 76.5 Å². The zero-order chi connectivity index (χ0) is 29.4. The molecular formula is C40H22N4. The molecule has 202 valence electrons. The Balaban J connectivity index is 1.51. The van der Waals surface area contributed by atoms with Gasteiger partial charge in [-0.05, 0) is 70.1 Å². The number of benzene rings is 7. The SMILES string of the molecule is N#Cc1ccc(-n2c3ccccc3c3cc4ccccc4cc32)c(-n2c3ccccc3c3cc4ccccc4cc32)c1C#N. The molecule has 0 radical (unpaired) electrons. The third-order valence-corrected chi connectivity index (χ3v) is 8.93. The van der Waals surface area contributed by atoms with E-state index in [1.807, 2.05) is 18.2 Å². The molecule has 0 unspecified atom stereocenters. The average molecular weight is 559 g/mol. The van der Waals surface area contributed by atoms with Gasteiger partial charge in [-0.3, -0.25) is 0 Å². The fourth-order valence-corrected chi connectivity index (χ4v) is 7.00. The smallest absolute Gasteiger partial charge is 0.103 e. The molecule has 44 heavy (non-hydrogen) atoms. The highest BCUT2D eigenvalue weighted by Gasteiger charge is 2.24. The molecule has 0 atom stereocenters. The summed E-state index contributed by atoms with van der Waals surface area (Å²) in [4.78, 5) is 0. The molecule has 0 bridgehead atoms. The monoisotopic (exact) mass is 558 g/mol. The molecule has 4 nitrogen and oxygen atoms in total. The number of hydrogen-bond donors (Lipinski definition) is 0. The standard InChI is InChI=1S/C40H22N4/c41-23-29-17-18-37(43-35-15-7-5-13-30(35)32-19-25-9-1-3-11-27(25)21-38(32)43)40(34(29)24-42)44-36-16-8-6-14-31(36)33-20-26-10-2-4-12-28(26)22-39(33)44/h1-22H. The van der Waals surface area contributed by atoms with Gasteiger partial charge in [0.2, 0.25) is 0 Å². The minimum atomic E-state index is 0.351. The third kappa shape index (κ3) is 3.25. The van der Waals surface area contributed by atoms with Gasteiger partial charge in [0.05, 0.1) is 44.6 Å². The molecule has 4 heteroatoms. The Morgan fingerprint density at radius 2 is 0.886 bits per heavy atom. The Labute approximate surface area is 252 Å². The number of nitriles is 2. The molecule has 2 aromatic heterocycles. The number of hydrogen-bond acceptors (Lipinski definition) is 2. The van der Waals surface area contributed by atoms with E-state index in [4.69, 9.17) is 0 Å². The first-order valence-corrected chi connectivity index (χ1v) is 14.6.